The van der Waals surface area contributed by atoms with E-state index in [1.54, 1.807) is 0 Å². The molecule has 2 nitrogen and oxygen atoms in total. The second-order valence-corrected chi connectivity index (χ2v) is 5.26. The number of hydrogen-bond donors (Lipinski definition) is 0. The number of rotatable bonds is 2. The average Bonchev–Trinajstić information content (AvgIpc) is 2.96. The Kier molecular flexibility index (Phi) is 2.93. The first-order valence-electron chi connectivity index (χ1n) is 7.23. The summed E-state index contributed by atoms with van der Waals surface area (Å²) in [4.78, 5) is 2.38. The van der Waals surface area contributed by atoms with E-state index in [4.69, 9.17) is 0 Å². The first-order chi connectivity index (χ1) is 10.4. The largest absolute Gasteiger partial charge is 0.334 e. The van der Waals surface area contributed by atoms with Gasteiger partial charge in [0.05, 0.1) is 18.4 Å². The summed E-state index contributed by atoms with van der Waals surface area (Å²) < 4.78 is 2.17. The third kappa shape index (κ3) is 2.09. The van der Waals surface area contributed by atoms with Crippen LogP contribution in [-0.4, -0.2) is 6.54 Å². The number of para-hydroxylation sites is 2. The SMILES string of the molecule is [c-]1cccc[n+]1C1CN(c2ccccc2)c2ccccc21. The van der Waals surface area contributed by atoms with Crippen molar-refractivity contribution in [3.63, 3.8) is 0 Å². The zero-order valence-corrected chi connectivity index (χ0v) is 11.7. The third-order valence-corrected chi connectivity index (χ3v) is 4.02. The van der Waals surface area contributed by atoms with Crippen molar-refractivity contribution >= 4 is 11.4 Å². The smallest absolute Gasteiger partial charge is 0.181 e. The van der Waals surface area contributed by atoms with Crippen molar-refractivity contribution in [3.8, 4) is 0 Å². The molecule has 0 bridgehead atoms. The van der Waals surface area contributed by atoms with Crippen LogP contribution in [0.4, 0.5) is 11.4 Å². The second-order valence-electron chi connectivity index (χ2n) is 5.26. The van der Waals surface area contributed by atoms with Gasteiger partial charge in [-0.25, -0.2) is 0 Å². The first kappa shape index (κ1) is 12.2. The molecule has 4 rings (SSSR count). The van der Waals surface area contributed by atoms with Gasteiger partial charge in [-0.05, 0) is 18.2 Å². The maximum Gasteiger partial charge on any atom is 0.181 e. The Hall–Kier alpha value is -2.61. The van der Waals surface area contributed by atoms with Crippen LogP contribution in [0.15, 0.2) is 79.0 Å². The zero-order valence-electron chi connectivity index (χ0n) is 11.7. The van der Waals surface area contributed by atoms with Gasteiger partial charge in [0, 0.05) is 11.3 Å². The second kappa shape index (κ2) is 5.06. The van der Waals surface area contributed by atoms with Crippen molar-refractivity contribution in [2.45, 2.75) is 6.04 Å². The highest BCUT2D eigenvalue weighted by Gasteiger charge is 2.33. The van der Waals surface area contributed by atoms with Gasteiger partial charge in [-0.1, -0.05) is 36.4 Å². The zero-order chi connectivity index (χ0) is 14.1. The van der Waals surface area contributed by atoms with E-state index < -0.39 is 0 Å². The Morgan fingerprint density at radius 3 is 2.52 bits per heavy atom. The molecule has 0 fully saturated rings. The quantitative estimate of drug-likeness (QED) is 0.511. The highest BCUT2D eigenvalue weighted by atomic mass is 15.2. The fraction of sp³-hybridized carbons (Fsp3) is 0.105. The summed E-state index contributed by atoms with van der Waals surface area (Å²) in [6, 6.07) is 25.6. The molecule has 1 aliphatic heterocycles. The standard InChI is InChI=1S/C19H16N2/c1-3-9-16(10-4-1)21-15-19(20-13-7-2-8-14-20)17-11-5-6-12-18(17)21/h1-13,19H,15H2. The summed E-state index contributed by atoms with van der Waals surface area (Å²) in [6.45, 7) is 0.939. The highest BCUT2D eigenvalue weighted by Crippen LogP contribution is 2.38. The molecule has 2 aromatic carbocycles. The maximum absolute atomic E-state index is 3.31. The van der Waals surface area contributed by atoms with Crippen LogP contribution in [0.2, 0.25) is 0 Å². The van der Waals surface area contributed by atoms with E-state index >= 15 is 0 Å². The molecule has 102 valence electrons. The van der Waals surface area contributed by atoms with Crippen molar-refractivity contribution in [3.05, 3.63) is 90.8 Å². The van der Waals surface area contributed by atoms with Crippen LogP contribution in [0, 0.1) is 6.20 Å². The van der Waals surface area contributed by atoms with Crippen molar-refractivity contribution in [2.75, 3.05) is 11.4 Å². The molecule has 0 spiro atoms. The fourth-order valence-corrected chi connectivity index (χ4v) is 3.04. The van der Waals surface area contributed by atoms with E-state index in [9.17, 15) is 0 Å². The predicted octanol–water partition coefficient (Wildman–Crippen LogP) is 3.52. The minimum Gasteiger partial charge on any atom is -0.334 e. The molecule has 0 radical (unpaired) electrons. The lowest BCUT2D eigenvalue weighted by Gasteiger charge is -2.19. The fourth-order valence-electron chi connectivity index (χ4n) is 3.04. The lowest BCUT2D eigenvalue weighted by molar-refractivity contribution is -0.714. The first-order valence-corrected chi connectivity index (χ1v) is 7.23. The van der Waals surface area contributed by atoms with E-state index in [1.165, 1.54) is 16.9 Å². The molecule has 0 saturated heterocycles. The van der Waals surface area contributed by atoms with Gasteiger partial charge in [0.2, 0.25) is 0 Å². The minimum atomic E-state index is 0.308. The molecular weight excluding hydrogens is 256 g/mol. The van der Waals surface area contributed by atoms with Gasteiger partial charge in [0.1, 0.15) is 6.20 Å². The van der Waals surface area contributed by atoms with Crippen molar-refractivity contribution in [1.82, 2.24) is 0 Å². The Morgan fingerprint density at radius 2 is 1.71 bits per heavy atom. The molecule has 1 atom stereocenters. The highest BCUT2D eigenvalue weighted by molar-refractivity contribution is 5.70. The maximum atomic E-state index is 3.31. The van der Waals surface area contributed by atoms with E-state index in [0.29, 0.717) is 6.04 Å². The van der Waals surface area contributed by atoms with Crippen LogP contribution < -0.4 is 9.47 Å². The van der Waals surface area contributed by atoms with Crippen LogP contribution in [0.5, 0.6) is 0 Å². The van der Waals surface area contributed by atoms with Gasteiger partial charge in [-0.2, -0.15) is 6.07 Å². The molecule has 2 heteroatoms. The van der Waals surface area contributed by atoms with Crippen molar-refractivity contribution in [1.29, 1.82) is 0 Å². The van der Waals surface area contributed by atoms with Gasteiger partial charge in [0.15, 0.2) is 6.04 Å². The molecule has 1 unspecified atom stereocenters. The van der Waals surface area contributed by atoms with Gasteiger partial charge in [-0.15, -0.1) is 12.1 Å². The number of pyridine rings is 1. The van der Waals surface area contributed by atoms with Crippen LogP contribution in [-0.2, 0) is 0 Å². The lowest BCUT2D eigenvalue weighted by atomic mass is 10.1. The Balaban J connectivity index is 1.81. The number of fused-ring (bicyclic) bond motifs is 1. The van der Waals surface area contributed by atoms with Gasteiger partial charge < -0.3 is 9.47 Å². The minimum absolute atomic E-state index is 0.308. The van der Waals surface area contributed by atoms with Crippen molar-refractivity contribution in [2.24, 2.45) is 0 Å². The Morgan fingerprint density at radius 1 is 0.905 bits per heavy atom. The summed E-state index contributed by atoms with van der Waals surface area (Å²) in [5.74, 6) is 0. The van der Waals surface area contributed by atoms with Crippen LogP contribution >= 0.6 is 0 Å². The Labute approximate surface area is 124 Å². The summed E-state index contributed by atoms with van der Waals surface area (Å²) in [5.41, 5.74) is 3.89. The molecule has 1 aliphatic rings. The Bertz CT molecular complexity index is 673. The van der Waals surface area contributed by atoms with E-state index in [0.717, 1.165) is 6.54 Å². The predicted molar refractivity (Wildman–Crippen MR) is 83.5 cm³/mol. The number of nitrogens with zero attached hydrogens (tertiary/aromatic N) is 2. The molecule has 0 amide bonds. The molecule has 21 heavy (non-hydrogen) atoms. The average molecular weight is 272 g/mol. The number of aromatic nitrogens is 1. The number of anilines is 2. The summed E-state index contributed by atoms with van der Waals surface area (Å²) in [7, 11) is 0. The number of hydrogen-bond acceptors (Lipinski definition) is 1. The third-order valence-electron chi connectivity index (χ3n) is 4.02. The van der Waals surface area contributed by atoms with Crippen molar-refractivity contribution < 1.29 is 4.57 Å². The molecule has 3 aromatic rings. The molecule has 1 aromatic heterocycles. The summed E-state index contributed by atoms with van der Waals surface area (Å²) in [6.07, 6.45) is 5.41. The van der Waals surface area contributed by atoms with E-state index in [-0.39, 0.29) is 0 Å². The van der Waals surface area contributed by atoms with Gasteiger partial charge in [-0.3, -0.25) is 0 Å². The molecule has 0 saturated carbocycles. The normalized spacial score (nSPS) is 16.8. The van der Waals surface area contributed by atoms with E-state index in [2.05, 4.69) is 82.5 Å². The summed E-state index contributed by atoms with van der Waals surface area (Å²) >= 11 is 0. The molecule has 0 N–H and O–H groups in total. The molecular formula is C19H16N2. The van der Waals surface area contributed by atoms with Gasteiger partial charge in [0.25, 0.3) is 0 Å². The van der Waals surface area contributed by atoms with E-state index in [1.807, 2.05) is 12.1 Å². The monoisotopic (exact) mass is 272 g/mol. The molecule has 0 aliphatic carbocycles. The van der Waals surface area contributed by atoms with Crippen LogP contribution in [0.3, 0.4) is 0 Å². The van der Waals surface area contributed by atoms with Crippen LogP contribution in [0.25, 0.3) is 0 Å². The summed E-state index contributed by atoms with van der Waals surface area (Å²) in [5, 5.41) is 0. The lowest BCUT2D eigenvalue weighted by Crippen LogP contribution is -2.41. The van der Waals surface area contributed by atoms with Gasteiger partial charge >= 0.3 is 0 Å². The molecule has 2 heterocycles. The van der Waals surface area contributed by atoms with Crippen LogP contribution in [0.1, 0.15) is 11.6 Å². The number of benzene rings is 2. The topological polar surface area (TPSA) is 7.12 Å².